The van der Waals surface area contributed by atoms with Gasteiger partial charge in [-0.15, -0.1) is 0 Å². The predicted octanol–water partition coefficient (Wildman–Crippen LogP) is 4.79. The predicted molar refractivity (Wildman–Crippen MR) is 145 cm³/mol. The fraction of sp³-hybridized carbons (Fsp3) is 0.240. The van der Waals surface area contributed by atoms with Crippen LogP contribution in [0.5, 0.6) is 0 Å². The Balaban J connectivity index is 1.82. The molecular weight excluding hydrogens is 501 g/mol. The number of para-hydroxylation sites is 1. The first-order valence-electron chi connectivity index (χ1n) is 11.2. The second kappa shape index (κ2) is 10.4. The minimum Gasteiger partial charge on any atom is -0.293 e. The molecule has 35 heavy (non-hydrogen) atoms. The number of thiocarbonyl (C=S) groups is 1. The molecule has 0 aliphatic carbocycles. The number of unbranched alkanes of at least 4 members (excludes halogenated alkanes) is 1. The first kappa shape index (κ1) is 25.3. The lowest BCUT2D eigenvalue weighted by molar-refractivity contribution is -0.122. The van der Waals surface area contributed by atoms with Gasteiger partial charge >= 0.3 is 0 Å². The van der Waals surface area contributed by atoms with Gasteiger partial charge in [-0.3, -0.25) is 9.69 Å². The number of carbonyl (C=O) groups excluding carboxylic acids is 1. The summed E-state index contributed by atoms with van der Waals surface area (Å²) >= 11 is 6.73. The zero-order chi connectivity index (χ0) is 25.2. The van der Waals surface area contributed by atoms with Crippen LogP contribution in [0.4, 0.5) is 0 Å². The van der Waals surface area contributed by atoms with E-state index in [2.05, 4.69) is 6.92 Å². The zero-order valence-electron chi connectivity index (χ0n) is 19.7. The maximum Gasteiger partial charge on any atom is 0.266 e. The second-order valence-electron chi connectivity index (χ2n) is 8.22. The molecule has 7 nitrogen and oxygen atoms in total. The third-order valence-electron chi connectivity index (χ3n) is 5.54. The first-order chi connectivity index (χ1) is 16.7. The highest BCUT2D eigenvalue weighted by molar-refractivity contribution is 8.26. The van der Waals surface area contributed by atoms with Gasteiger partial charge in [0.1, 0.15) is 10.0 Å². The molecule has 1 amide bonds. The maximum atomic E-state index is 13.0. The fourth-order valence-electron chi connectivity index (χ4n) is 3.60. The van der Waals surface area contributed by atoms with Crippen molar-refractivity contribution in [3.63, 3.8) is 0 Å². The van der Waals surface area contributed by atoms with Gasteiger partial charge in [0, 0.05) is 38.0 Å². The Hall–Kier alpha value is -2.79. The molecular formula is C25H26N4O3S3. The van der Waals surface area contributed by atoms with Gasteiger partial charge in [0.25, 0.3) is 5.91 Å². The SMILES string of the molecule is CCCCN1C(=O)C(=Cc2cn(-c3ccccc3)nc2-c2cccc(S(=O)(=O)N(C)C)c2)SC1=S. The van der Waals surface area contributed by atoms with Gasteiger partial charge in [0.2, 0.25) is 10.0 Å². The van der Waals surface area contributed by atoms with Gasteiger partial charge in [0.05, 0.1) is 15.5 Å². The molecule has 1 saturated heterocycles. The van der Waals surface area contributed by atoms with Gasteiger partial charge in [-0.05, 0) is 36.8 Å². The van der Waals surface area contributed by atoms with E-state index in [1.54, 1.807) is 33.9 Å². The molecule has 0 atom stereocenters. The number of hydrogen-bond donors (Lipinski definition) is 0. The summed E-state index contributed by atoms with van der Waals surface area (Å²) in [5, 5.41) is 4.77. The molecule has 1 fully saturated rings. The maximum absolute atomic E-state index is 13.0. The lowest BCUT2D eigenvalue weighted by atomic mass is 10.1. The molecule has 0 N–H and O–H groups in total. The molecule has 0 radical (unpaired) electrons. The fourth-order valence-corrected chi connectivity index (χ4v) is 5.84. The number of sulfonamides is 1. The summed E-state index contributed by atoms with van der Waals surface area (Å²) in [6.07, 6.45) is 5.48. The monoisotopic (exact) mass is 526 g/mol. The van der Waals surface area contributed by atoms with Crippen LogP contribution in [0.2, 0.25) is 0 Å². The van der Waals surface area contributed by atoms with Crippen LogP contribution in [0.25, 0.3) is 23.0 Å². The van der Waals surface area contributed by atoms with Crippen molar-refractivity contribution in [1.29, 1.82) is 0 Å². The van der Waals surface area contributed by atoms with E-state index in [1.165, 1.54) is 30.2 Å². The van der Waals surface area contributed by atoms with Crippen molar-refractivity contribution >= 4 is 50.3 Å². The molecule has 0 spiro atoms. The highest BCUT2D eigenvalue weighted by atomic mass is 32.2. The summed E-state index contributed by atoms with van der Waals surface area (Å²) in [6, 6.07) is 16.3. The molecule has 182 valence electrons. The average Bonchev–Trinajstić information content (AvgIpc) is 3.39. The molecule has 2 heterocycles. The van der Waals surface area contributed by atoms with Crippen LogP contribution in [0.1, 0.15) is 25.3 Å². The van der Waals surface area contributed by atoms with E-state index in [0.717, 1.165) is 18.5 Å². The quantitative estimate of drug-likeness (QED) is 0.310. The minimum atomic E-state index is -3.62. The van der Waals surface area contributed by atoms with Gasteiger partial charge < -0.3 is 0 Å². The van der Waals surface area contributed by atoms with E-state index in [1.807, 2.05) is 42.6 Å². The van der Waals surface area contributed by atoms with E-state index in [0.29, 0.717) is 32.6 Å². The Morgan fingerprint density at radius 3 is 2.54 bits per heavy atom. The molecule has 4 rings (SSSR count). The van der Waals surface area contributed by atoms with E-state index in [-0.39, 0.29) is 10.8 Å². The van der Waals surface area contributed by atoms with Gasteiger partial charge in [-0.1, -0.05) is 67.7 Å². The van der Waals surface area contributed by atoms with Crippen LogP contribution in [-0.2, 0) is 14.8 Å². The second-order valence-corrected chi connectivity index (χ2v) is 12.0. The van der Waals surface area contributed by atoms with Crippen LogP contribution in [0, 0.1) is 0 Å². The molecule has 0 bridgehead atoms. The van der Waals surface area contributed by atoms with Gasteiger partial charge in [-0.25, -0.2) is 17.4 Å². The van der Waals surface area contributed by atoms with E-state index in [9.17, 15) is 13.2 Å². The third kappa shape index (κ3) is 5.25. The highest BCUT2D eigenvalue weighted by Gasteiger charge is 2.32. The number of carbonyl (C=O) groups is 1. The Bertz CT molecular complexity index is 1400. The number of hydrogen-bond acceptors (Lipinski definition) is 6. The Labute approximate surface area is 215 Å². The van der Waals surface area contributed by atoms with Gasteiger partial charge in [-0.2, -0.15) is 5.10 Å². The molecule has 3 aromatic rings. The van der Waals surface area contributed by atoms with Crippen molar-refractivity contribution in [2.24, 2.45) is 0 Å². The average molecular weight is 527 g/mol. The number of benzene rings is 2. The molecule has 2 aromatic carbocycles. The number of thioether (sulfide) groups is 1. The van der Waals surface area contributed by atoms with E-state index < -0.39 is 10.0 Å². The van der Waals surface area contributed by atoms with Crippen LogP contribution in [0.3, 0.4) is 0 Å². The summed E-state index contributed by atoms with van der Waals surface area (Å²) < 4.78 is 28.9. The Kier molecular flexibility index (Phi) is 7.56. The molecule has 1 aliphatic heterocycles. The largest absolute Gasteiger partial charge is 0.293 e. The number of nitrogens with zero attached hydrogens (tertiary/aromatic N) is 4. The molecule has 0 unspecified atom stereocenters. The summed E-state index contributed by atoms with van der Waals surface area (Å²) in [7, 11) is -0.623. The number of amides is 1. The van der Waals surface area contributed by atoms with Crippen LogP contribution < -0.4 is 0 Å². The summed E-state index contributed by atoms with van der Waals surface area (Å²) in [6.45, 7) is 2.67. The van der Waals surface area contributed by atoms with Crippen LogP contribution in [-0.4, -0.2) is 58.3 Å². The van der Waals surface area contributed by atoms with E-state index in [4.69, 9.17) is 17.3 Å². The van der Waals surface area contributed by atoms with Crippen LogP contribution in [0.15, 0.2) is 70.6 Å². The standard InChI is InChI=1S/C25H26N4O3S3/c1-4-5-14-28-24(30)22(34-25(28)33)16-19-17-29(20-11-7-6-8-12-20)26-23(19)18-10-9-13-21(15-18)35(31,32)27(2)3/h6-13,15-17H,4-5,14H2,1-3H3. The normalized spacial score (nSPS) is 15.5. The van der Waals surface area contributed by atoms with E-state index >= 15 is 0 Å². The summed E-state index contributed by atoms with van der Waals surface area (Å²) in [5.41, 5.74) is 2.75. The van der Waals surface area contributed by atoms with Crippen molar-refractivity contribution in [3.8, 4) is 16.9 Å². The molecule has 1 aliphatic rings. The molecule has 1 aromatic heterocycles. The Morgan fingerprint density at radius 2 is 1.86 bits per heavy atom. The minimum absolute atomic E-state index is 0.115. The van der Waals surface area contributed by atoms with Crippen molar-refractivity contribution in [3.05, 3.63) is 71.3 Å². The zero-order valence-corrected chi connectivity index (χ0v) is 22.2. The van der Waals surface area contributed by atoms with Crippen molar-refractivity contribution in [2.75, 3.05) is 20.6 Å². The first-order valence-corrected chi connectivity index (χ1v) is 13.8. The Morgan fingerprint density at radius 1 is 1.11 bits per heavy atom. The molecule has 0 saturated carbocycles. The van der Waals surface area contributed by atoms with Crippen LogP contribution >= 0.6 is 24.0 Å². The smallest absolute Gasteiger partial charge is 0.266 e. The topological polar surface area (TPSA) is 75.5 Å². The highest BCUT2D eigenvalue weighted by Crippen LogP contribution is 2.35. The number of rotatable bonds is 8. The third-order valence-corrected chi connectivity index (χ3v) is 8.73. The van der Waals surface area contributed by atoms with Crippen molar-refractivity contribution < 1.29 is 13.2 Å². The van der Waals surface area contributed by atoms with Crippen molar-refractivity contribution in [2.45, 2.75) is 24.7 Å². The summed E-state index contributed by atoms with van der Waals surface area (Å²) in [5.74, 6) is -0.115. The lowest BCUT2D eigenvalue weighted by Crippen LogP contribution is -2.28. The van der Waals surface area contributed by atoms with Gasteiger partial charge in [0.15, 0.2) is 0 Å². The number of aromatic nitrogens is 2. The van der Waals surface area contributed by atoms with Crippen molar-refractivity contribution in [1.82, 2.24) is 19.0 Å². The lowest BCUT2D eigenvalue weighted by Gasteiger charge is -2.13. The molecule has 10 heteroatoms. The summed E-state index contributed by atoms with van der Waals surface area (Å²) in [4.78, 5) is 15.4.